The number of benzene rings is 2. The number of aryl methyl sites for hydroxylation is 1. The molecule has 0 unspecified atom stereocenters. The lowest BCUT2D eigenvalue weighted by Gasteiger charge is -2.39. The van der Waals surface area contributed by atoms with Crippen LogP contribution in [0.5, 0.6) is 0 Å². The zero-order chi connectivity index (χ0) is 44.4. The summed E-state index contributed by atoms with van der Waals surface area (Å²) in [5, 5.41) is 20.8. The standard InChI is InChI=1S/C38H30ClF9N8O4S/c1-55-31-19(3-4-23(39)29(31)34(53-55)54-61(2,59)60)20-12-24(49)25(5-6-35(58)14-36(42,43)15-35)51-30(20)26(9-16-7-17(40)10-18(41)8-16)50-27(57)13-56-33-28(32(52-56)38(46,47)48)21-11-22(21)37(33,44)45/h3-4,7-8,10,12,21-22,26,58H,9,11,13-15,49H2,1-2H3,(H,50,57)(H,53,54)/t21-,22+,26-/m0/s1. The number of nitrogen functional groups attached to an aromatic ring is 1. The van der Waals surface area contributed by atoms with Crippen molar-refractivity contribution in [3.05, 3.63) is 87.0 Å². The summed E-state index contributed by atoms with van der Waals surface area (Å²) in [6, 6.07) is 4.83. The van der Waals surface area contributed by atoms with Crippen molar-refractivity contribution in [2.24, 2.45) is 13.0 Å². The Hall–Kier alpha value is -5.53. The molecule has 0 spiro atoms. The summed E-state index contributed by atoms with van der Waals surface area (Å²) in [4.78, 5) is 18.5. The number of nitrogens with one attached hydrogen (secondary N) is 2. The first-order chi connectivity index (χ1) is 28.2. The topological polar surface area (TPSA) is 170 Å². The fraction of sp³-hybridized carbons (Fsp3) is 0.368. The number of hydrogen-bond acceptors (Lipinski definition) is 8. The molecule has 0 bridgehead atoms. The van der Waals surface area contributed by atoms with Crippen LogP contribution in [0.4, 0.5) is 51.0 Å². The number of nitrogens with zero attached hydrogens (tertiary/aromatic N) is 5. The molecular weight excluding hydrogens is 871 g/mol. The fourth-order valence-corrected chi connectivity index (χ4v) is 8.92. The highest BCUT2D eigenvalue weighted by molar-refractivity contribution is 7.92. The van der Waals surface area contributed by atoms with Crippen molar-refractivity contribution in [1.29, 1.82) is 0 Å². The van der Waals surface area contributed by atoms with Crippen molar-refractivity contribution >= 4 is 49.9 Å². The Kier molecular flexibility index (Phi) is 9.68. The summed E-state index contributed by atoms with van der Waals surface area (Å²) in [7, 11) is -2.51. The van der Waals surface area contributed by atoms with Gasteiger partial charge in [0.05, 0.1) is 52.4 Å². The van der Waals surface area contributed by atoms with Crippen molar-refractivity contribution in [2.75, 3.05) is 16.7 Å². The first kappa shape index (κ1) is 42.2. The van der Waals surface area contributed by atoms with E-state index in [1.54, 1.807) is 0 Å². The van der Waals surface area contributed by atoms with Crippen molar-refractivity contribution in [1.82, 2.24) is 29.9 Å². The van der Waals surface area contributed by atoms with Gasteiger partial charge in [-0.3, -0.25) is 18.9 Å². The largest absolute Gasteiger partial charge is 0.435 e. The molecule has 3 atom stereocenters. The van der Waals surface area contributed by atoms with Crippen molar-refractivity contribution in [3.8, 4) is 23.0 Å². The minimum absolute atomic E-state index is 0.000598. The molecule has 5 N–H and O–H groups in total. The second-order valence-electron chi connectivity index (χ2n) is 15.5. The van der Waals surface area contributed by atoms with Gasteiger partial charge in [0.1, 0.15) is 35.2 Å². The van der Waals surface area contributed by atoms with E-state index in [9.17, 15) is 49.1 Å². The van der Waals surface area contributed by atoms with Gasteiger partial charge in [0.2, 0.25) is 15.9 Å². The molecule has 2 aromatic carbocycles. The van der Waals surface area contributed by atoms with Gasteiger partial charge in [-0.25, -0.2) is 31.0 Å². The highest BCUT2D eigenvalue weighted by Gasteiger charge is 2.68. The second kappa shape index (κ2) is 14.0. The number of alkyl halides is 7. The number of aromatic nitrogens is 5. The van der Waals surface area contributed by atoms with Crippen LogP contribution >= 0.6 is 11.6 Å². The molecule has 3 aliphatic carbocycles. The molecule has 0 aliphatic heterocycles. The summed E-state index contributed by atoms with van der Waals surface area (Å²) in [5.41, 5.74) is 0.282. The summed E-state index contributed by atoms with van der Waals surface area (Å²) >= 11 is 6.55. The molecule has 8 rings (SSSR count). The first-order valence-corrected chi connectivity index (χ1v) is 20.4. The van der Waals surface area contributed by atoms with E-state index in [0.717, 1.165) is 18.4 Å². The molecule has 5 aromatic rings. The lowest BCUT2D eigenvalue weighted by Crippen LogP contribution is -2.50. The molecule has 61 heavy (non-hydrogen) atoms. The number of anilines is 2. The Bertz CT molecular complexity index is 2840. The van der Waals surface area contributed by atoms with Crippen LogP contribution in [0.2, 0.25) is 5.02 Å². The number of pyridine rings is 1. The maximum Gasteiger partial charge on any atom is 0.435 e. The number of amides is 1. The van der Waals surface area contributed by atoms with Crippen LogP contribution in [0.25, 0.3) is 22.0 Å². The van der Waals surface area contributed by atoms with Crippen LogP contribution in [0.1, 0.15) is 65.1 Å². The lowest BCUT2D eigenvalue weighted by atomic mass is 9.77. The van der Waals surface area contributed by atoms with Gasteiger partial charge in [0.15, 0.2) is 11.5 Å². The molecule has 12 nitrogen and oxygen atoms in total. The number of carbonyl (C=O) groups excluding carboxylic acids is 1. The normalized spacial score (nSPS) is 20.0. The summed E-state index contributed by atoms with van der Waals surface area (Å²) in [5.74, 6) is -8.20. The molecule has 0 saturated heterocycles. The van der Waals surface area contributed by atoms with Gasteiger partial charge in [0.25, 0.3) is 11.8 Å². The van der Waals surface area contributed by atoms with Crippen LogP contribution in [0.3, 0.4) is 0 Å². The number of aliphatic hydroxyl groups is 1. The number of carbonyl (C=O) groups is 1. The third kappa shape index (κ3) is 7.82. The average Bonchev–Trinajstić information content (AvgIpc) is 3.64. The predicted molar refractivity (Wildman–Crippen MR) is 201 cm³/mol. The molecule has 23 heteroatoms. The molecule has 2 fully saturated rings. The van der Waals surface area contributed by atoms with Gasteiger partial charge in [-0.05, 0) is 54.5 Å². The van der Waals surface area contributed by atoms with Gasteiger partial charge < -0.3 is 16.2 Å². The van der Waals surface area contributed by atoms with E-state index in [1.807, 2.05) is 0 Å². The van der Waals surface area contributed by atoms with E-state index in [0.29, 0.717) is 6.07 Å². The van der Waals surface area contributed by atoms with E-state index in [4.69, 9.17) is 17.3 Å². The van der Waals surface area contributed by atoms with Gasteiger partial charge in [-0.15, -0.1) is 0 Å². The predicted octanol–water partition coefficient (Wildman–Crippen LogP) is 6.56. The number of hydrogen-bond donors (Lipinski definition) is 4. The Balaban J connectivity index is 1.30. The van der Waals surface area contributed by atoms with Gasteiger partial charge in [-0.1, -0.05) is 23.6 Å². The molecule has 3 heterocycles. The zero-order valence-corrected chi connectivity index (χ0v) is 33.0. The Morgan fingerprint density at radius 2 is 1.75 bits per heavy atom. The number of fused-ring (bicyclic) bond motifs is 4. The zero-order valence-electron chi connectivity index (χ0n) is 31.4. The van der Waals surface area contributed by atoms with E-state index >= 15 is 8.78 Å². The maximum atomic E-state index is 15.4. The molecular formula is C38H30ClF9N8O4S. The van der Waals surface area contributed by atoms with E-state index in [1.165, 1.54) is 29.9 Å². The van der Waals surface area contributed by atoms with Crippen molar-refractivity contribution in [2.45, 2.75) is 67.8 Å². The monoisotopic (exact) mass is 900 g/mol. The van der Waals surface area contributed by atoms with Crippen molar-refractivity contribution < 1.29 is 57.8 Å². The molecule has 322 valence electrons. The van der Waals surface area contributed by atoms with E-state index in [2.05, 4.69) is 37.1 Å². The van der Waals surface area contributed by atoms with Gasteiger partial charge in [-0.2, -0.15) is 32.1 Å². The first-order valence-electron chi connectivity index (χ1n) is 18.1. The van der Waals surface area contributed by atoms with Crippen molar-refractivity contribution in [3.63, 3.8) is 0 Å². The maximum absolute atomic E-state index is 15.4. The quantitative estimate of drug-likeness (QED) is 0.0953. The highest BCUT2D eigenvalue weighted by Crippen LogP contribution is 2.68. The number of rotatable bonds is 9. The number of nitrogens with two attached hydrogens (primary N) is 1. The Morgan fingerprint density at radius 1 is 1.08 bits per heavy atom. The number of halogens is 10. The Labute approximate surface area is 344 Å². The third-order valence-electron chi connectivity index (χ3n) is 10.6. The Morgan fingerprint density at radius 3 is 2.38 bits per heavy atom. The second-order valence-corrected chi connectivity index (χ2v) is 17.6. The molecule has 3 aliphatic rings. The summed E-state index contributed by atoms with van der Waals surface area (Å²) in [6.07, 6.45) is -7.04. The fourth-order valence-electron chi connectivity index (χ4n) is 8.18. The van der Waals surface area contributed by atoms with E-state index < -0.39 is 112 Å². The SMILES string of the molecule is Cn1nc(NS(C)(=O)=O)c2c(Cl)ccc(-c3cc(N)c(C#CC4(O)CC(F)(F)C4)nc3[C@H](Cc3cc(F)cc(F)c3)NC(=O)Cn3nc(C(F)(F)F)c4c3C(F)(F)[C@@H]3C[C@H]43)c21. The van der Waals surface area contributed by atoms with Crippen LogP contribution in [0, 0.1) is 29.4 Å². The van der Waals surface area contributed by atoms with Gasteiger partial charge >= 0.3 is 6.18 Å². The summed E-state index contributed by atoms with van der Waals surface area (Å²) < 4.78 is 158. The molecule has 3 aromatic heterocycles. The minimum Gasteiger partial charge on any atom is -0.396 e. The minimum atomic E-state index is -5.14. The smallest absolute Gasteiger partial charge is 0.396 e. The average molecular weight is 901 g/mol. The van der Waals surface area contributed by atoms with Crippen LogP contribution in [0.15, 0.2) is 36.4 Å². The van der Waals surface area contributed by atoms with Gasteiger partial charge in [0, 0.05) is 35.7 Å². The molecule has 1 amide bonds. The molecule has 2 saturated carbocycles. The third-order valence-corrected chi connectivity index (χ3v) is 11.5. The summed E-state index contributed by atoms with van der Waals surface area (Å²) in [6.45, 7) is -1.19. The van der Waals surface area contributed by atoms with Crippen LogP contribution < -0.4 is 15.8 Å². The molecule has 0 radical (unpaired) electrons. The lowest BCUT2D eigenvalue weighted by molar-refractivity contribution is -0.176. The van der Waals surface area contributed by atoms with Crippen LogP contribution in [-0.4, -0.2) is 61.8 Å². The number of sulfonamides is 1. The van der Waals surface area contributed by atoms with Crippen LogP contribution in [-0.2, 0) is 46.9 Å². The van der Waals surface area contributed by atoms with E-state index in [-0.39, 0.29) is 66.6 Å². The highest BCUT2D eigenvalue weighted by atomic mass is 35.5.